The molecule has 1 amide bonds. The fraction of sp³-hybridized carbons (Fsp3) is 0.421. The van der Waals surface area contributed by atoms with Gasteiger partial charge >= 0.3 is 12.4 Å². The van der Waals surface area contributed by atoms with Crippen LogP contribution < -0.4 is 5.32 Å². The zero-order valence-electron chi connectivity index (χ0n) is 18.1. The Bertz CT molecular complexity index is 1150. The minimum atomic E-state index is -4.74. The van der Waals surface area contributed by atoms with Crippen LogP contribution in [0.1, 0.15) is 40.7 Å². The Hall–Kier alpha value is -3.49. The van der Waals surface area contributed by atoms with Crippen molar-refractivity contribution in [1.29, 1.82) is 0 Å². The average molecular weight is 491 g/mol. The highest BCUT2D eigenvalue weighted by Gasteiger charge is 2.36. The van der Waals surface area contributed by atoms with Crippen molar-refractivity contribution >= 4 is 5.91 Å². The Morgan fingerprint density at radius 2 is 1.82 bits per heavy atom. The molecule has 15 heteroatoms. The minimum absolute atomic E-state index is 0.0209. The van der Waals surface area contributed by atoms with Gasteiger partial charge < -0.3 is 14.7 Å². The zero-order valence-corrected chi connectivity index (χ0v) is 18.1. The number of nitrogens with one attached hydrogen (secondary N) is 1. The summed E-state index contributed by atoms with van der Waals surface area (Å²) in [6.45, 7) is 1.77. The summed E-state index contributed by atoms with van der Waals surface area (Å²) in [5.74, 6) is -1.22. The fourth-order valence-electron chi connectivity index (χ4n) is 2.79. The number of amides is 1. The monoisotopic (exact) mass is 491 g/mol. The van der Waals surface area contributed by atoms with Gasteiger partial charge in [0.05, 0.1) is 6.54 Å². The van der Waals surface area contributed by atoms with E-state index < -0.39 is 35.7 Å². The van der Waals surface area contributed by atoms with E-state index in [0.717, 1.165) is 16.9 Å². The third kappa shape index (κ3) is 5.89. The number of nitrogens with zero attached hydrogens (tertiary/aromatic N) is 6. The SMILES string of the molecule is C[C@H](NC(=O)c1cc(C(F)(F)F)nn1CCN(C)C)c1nc(-c2ccnc(C(F)(F)F)c2)no1. The summed E-state index contributed by atoms with van der Waals surface area (Å²) in [6, 6.07) is 1.64. The maximum atomic E-state index is 13.1. The van der Waals surface area contributed by atoms with Crippen LogP contribution in [0.15, 0.2) is 28.9 Å². The molecule has 1 atom stereocenters. The Kier molecular flexibility index (Phi) is 6.95. The normalized spacial score (nSPS) is 13.4. The lowest BCUT2D eigenvalue weighted by molar-refractivity contribution is -0.142. The van der Waals surface area contributed by atoms with E-state index in [1.165, 1.54) is 13.0 Å². The van der Waals surface area contributed by atoms with Gasteiger partial charge in [0.25, 0.3) is 5.91 Å². The number of halogens is 6. The number of aromatic nitrogens is 5. The van der Waals surface area contributed by atoms with Gasteiger partial charge in [-0.05, 0) is 33.2 Å². The van der Waals surface area contributed by atoms with Crippen LogP contribution in [0.3, 0.4) is 0 Å². The van der Waals surface area contributed by atoms with Crippen LogP contribution in [-0.4, -0.2) is 56.4 Å². The van der Waals surface area contributed by atoms with E-state index in [1.54, 1.807) is 19.0 Å². The van der Waals surface area contributed by atoms with Gasteiger partial charge in [-0.15, -0.1) is 0 Å². The van der Waals surface area contributed by atoms with Crippen molar-refractivity contribution in [3.05, 3.63) is 47.4 Å². The predicted octanol–water partition coefficient (Wildman–Crippen LogP) is 3.42. The molecule has 0 aromatic carbocycles. The van der Waals surface area contributed by atoms with E-state index in [4.69, 9.17) is 4.52 Å². The van der Waals surface area contributed by atoms with Gasteiger partial charge in [-0.3, -0.25) is 14.5 Å². The van der Waals surface area contributed by atoms with Crippen LogP contribution in [0.5, 0.6) is 0 Å². The van der Waals surface area contributed by atoms with Crippen molar-refractivity contribution in [2.24, 2.45) is 0 Å². The predicted molar refractivity (Wildman–Crippen MR) is 104 cm³/mol. The average Bonchev–Trinajstić information content (AvgIpc) is 3.39. The Morgan fingerprint density at radius 3 is 2.44 bits per heavy atom. The molecule has 184 valence electrons. The highest BCUT2D eigenvalue weighted by molar-refractivity contribution is 5.93. The molecule has 0 aliphatic rings. The Balaban J connectivity index is 1.79. The van der Waals surface area contributed by atoms with Crippen molar-refractivity contribution < 1.29 is 35.7 Å². The first-order chi connectivity index (χ1) is 15.8. The maximum absolute atomic E-state index is 13.1. The van der Waals surface area contributed by atoms with Crippen molar-refractivity contribution in [3.8, 4) is 11.4 Å². The number of pyridine rings is 1. The Morgan fingerprint density at radius 1 is 1.15 bits per heavy atom. The zero-order chi connectivity index (χ0) is 25.3. The summed E-state index contributed by atoms with van der Waals surface area (Å²) in [7, 11) is 3.42. The number of hydrogen-bond donors (Lipinski definition) is 1. The summed E-state index contributed by atoms with van der Waals surface area (Å²) in [5, 5.41) is 9.53. The van der Waals surface area contributed by atoms with Gasteiger partial charge in [-0.25, -0.2) is 0 Å². The summed E-state index contributed by atoms with van der Waals surface area (Å²) >= 11 is 0. The molecule has 3 heterocycles. The maximum Gasteiger partial charge on any atom is 0.435 e. The molecular formula is C19H19F6N7O2. The van der Waals surface area contributed by atoms with Gasteiger partial charge in [-0.1, -0.05) is 5.16 Å². The van der Waals surface area contributed by atoms with Crippen LogP contribution >= 0.6 is 0 Å². The van der Waals surface area contributed by atoms with E-state index in [-0.39, 0.29) is 29.5 Å². The molecule has 3 aromatic heterocycles. The smallest absolute Gasteiger partial charge is 0.339 e. The number of hydrogen-bond acceptors (Lipinski definition) is 7. The first-order valence-electron chi connectivity index (χ1n) is 9.73. The molecule has 0 saturated carbocycles. The van der Waals surface area contributed by atoms with Gasteiger partial charge in [-0.2, -0.15) is 36.4 Å². The molecule has 0 spiro atoms. The van der Waals surface area contributed by atoms with Crippen molar-refractivity contribution in [2.45, 2.75) is 31.9 Å². The lowest BCUT2D eigenvalue weighted by atomic mass is 10.2. The molecule has 0 bridgehead atoms. The minimum Gasteiger partial charge on any atom is -0.339 e. The topological polar surface area (TPSA) is 102 Å². The molecule has 34 heavy (non-hydrogen) atoms. The molecule has 0 saturated heterocycles. The number of alkyl halides is 6. The Labute approximate surface area is 188 Å². The van der Waals surface area contributed by atoms with E-state index in [1.807, 2.05) is 0 Å². The number of carbonyl (C=O) groups is 1. The van der Waals surface area contributed by atoms with Crippen LogP contribution in [0.4, 0.5) is 26.3 Å². The molecule has 0 fully saturated rings. The molecule has 0 aliphatic carbocycles. The lowest BCUT2D eigenvalue weighted by Crippen LogP contribution is -2.30. The van der Waals surface area contributed by atoms with Crippen molar-refractivity contribution in [3.63, 3.8) is 0 Å². The molecule has 9 nitrogen and oxygen atoms in total. The van der Waals surface area contributed by atoms with E-state index in [9.17, 15) is 31.1 Å². The summed E-state index contributed by atoms with van der Waals surface area (Å²) in [5.41, 5.74) is -2.72. The number of likely N-dealkylation sites (N-methyl/N-ethyl adjacent to an activating group) is 1. The molecule has 0 radical (unpaired) electrons. The third-order valence-corrected chi connectivity index (χ3v) is 4.53. The number of carbonyl (C=O) groups excluding carboxylic acids is 1. The summed E-state index contributed by atoms with van der Waals surface area (Å²) < 4.78 is 83.9. The molecule has 1 N–H and O–H groups in total. The second kappa shape index (κ2) is 9.40. The van der Waals surface area contributed by atoms with Crippen LogP contribution in [0, 0.1) is 0 Å². The largest absolute Gasteiger partial charge is 0.435 e. The van der Waals surface area contributed by atoms with Gasteiger partial charge in [0, 0.05) is 24.4 Å². The van der Waals surface area contributed by atoms with E-state index in [2.05, 4.69) is 25.5 Å². The first kappa shape index (κ1) is 25.1. The van der Waals surface area contributed by atoms with Crippen molar-refractivity contribution in [2.75, 3.05) is 20.6 Å². The third-order valence-electron chi connectivity index (χ3n) is 4.53. The second-order valence-electron chi connectivity index (χ2n) is 7.52. The first-order valence-corrected chi connectivity index (χ1v) is 9.73. The highest BCUT2D eigenvalue weighted by atomic mass is 19.4. The summed E-state index contributed by atoms with van der Waals surface area (Å²) in [4.78, 5) is 21.6. The van der Waals surface area contributed by atoms with Gasteiger partial charge in [0.15, 0.2) is 5.69 Å². The highest BCUT2D eigenvalue weighted by Crippen LogP contribution is 2.30. The van der Waals surface area contributed by atoms with Gasteiger partial charge in [0.2, 0.25) is 11.7 Å². The van der Waals surface area contributed by atoms with E-state index in [0.29, 0.717) is 12.6 Å². The molecule has 3 rings (SSSR count). The van der Waals surface area contributed by atoms with Crippen LogP contribution in [0.25, 0.3) is 11.4 Å². The van der Waals surface area contributed by atoms with E-state index >= 15 is 0 Å². The molecule has 3 aromatic rings. The second-order valence-corrected chi connectivity index (χ2v) is 7.52. The van der Waals surface area contributed by atoms with Crippen LogP contribution in [-0.2, 0) is 18.9 Å². The lowest BCUT2D eigenvalue weighted by Gasteiger charge is -2.13. The van der Waals surface area contributed by atoms with Gasteiger partial charge in [0.1, 0.15) is 17.4 Å². The summed E-state index contributed by atoms with van der Waals surface area (Å²) in [6.07, 6.45) is -8.48. The van der Waals surface area contributed by atoms with Crippen molar-refractivity contribution in [1.82, 2.24) is 35.1 Å². The number of rotatable bonds is 7. The molecule has 0 unspecified atom stereocenters. The quantitative estimate of drug-likeness (QED) is 0.506. The van der Waals surface area contributed by atoms with Crippen LogP contribution in [0.2, 0.25) is 0 Å². The fourth-order valence-corrected chi connectivity index (χ4v) is 2.79. The molecule has 0 aliphatic heterocycles. The standard InChI is InChI=1S/C19H19F6N7O2/c1-10(17-28-15(30-34-17)11-4-5-26-13(8-11)18(20,21)22)27-16(33)12-9-14(19(23,24)25)29-32(12)7-6-31(2)3/h4-5,8-10H,6-7H2,1-3H3,(H,27,33)/t10-/m0/s1. The molecular weight excluding hydrogens is 472 g/mol.